The molecule has 0 aromatic carbocycles. The molecule has 22 heavy (non-hydrogen) atoms. The third-order valence-corrected chi connectivity index (χ3v) is 4.39. The highest BCUT2D eigenvalue weighted by Crippen LogP contribution is 2.32. The van der Waals surface area contributed by atoms with Crippen molar-refractivity contribution < 1.29 is 4.52 Å². The minimum absolute atomic E-state index is 0.0820. The summed E-state index contributed by atoms with van der Waals surface area (Å²) in [5.41, 5.74) is 4.16. The quantitative estimate of drug-likeness (QED) is 0.874. The van der Waals surface area contributed by atoms with Gasteiger partial charge in [0.1, 0.15) is 5.66 Å². The first-order valence-corrected chi connectivity index (χ1v) is 7.88. The Bertz CT molecular complexity index is 653. The number of hydrogen-bond acceptors (Lipinski definition) is 7. The fourth-order valence-electron chi connectivity index (χ4n) is 3.17. The van der Waals surface area contributed by atoms with Gasteiger partial charge in [0.2, 0.25) is 0 Å². The second kappa shape index (κ2) is 5.24. The average Bonchev–Trinajstić information content (AvgIpc) is 3.15. The number of aromatic nitrogens is 2. The van der Waals surface area contributed by atoms with Crippen LogP contribution >= 0.6 is 0 Å². The van der Waals surface area contributed by atoms with Gasteiger partial charge < -0.3 is 14.7 Å². The summed E-state index contributed by atoms with van der Waals surface area (Å²) in [5, 5.41) is 11.9. The monoisotopic (exact) mass is 300 g/mol. The number of allylic oxidation sites excluding steroid dienone is 2. The number of hydrazone groups is 1. The maximum absolute atomic E-state index is 5.36. The number of nitrogens with zero attached hydrogens (tertiary/aromatic N) is 4. The maximum Gasteiger partial charge on any atom is 0.258 e. The fourth-order valence-corrected chi connectivity index (χ4v) is 3.17. The van der Waals surface area contributed by atoms with Crippen molar-refractivity contribution in [2.75, 3.05) is 13.1 Å². The van der Waals surface area contributed by atoms with Gasteiger partial charge in [-0.1, -0.05) is 12.1 Å². The minimum Gasteiger partial charge on any atom is -0.334 e. The maximum atomic E-state index is 5.36. The summed E-state index contributed by atoms with van der Waals surface area (Å²) in [6.07, 6.45) is 10.00. The van der Waals surface area contributed by atoms with E-state index in [1.165, 1.54) is 0 Å². The van der Waals surface area contributed by atoms with Crippen LogP contribution < -0.4 is 10.7 Å². The molecule has 1 saturated heterocycles. The largest absolute Gasteiger partial charge is 0.334 e. The minimum atomic E-state index is -0.0820. The van der Waals surface area contributed by atoms with E-state index in [2.05, 4.69) is 44.0 Å². The Morgan fingerprint density at radius 1 is 1.36 bits per heavy atom. The molecule has 0 atom stereocenters. The lowest BCUT2D eigenvalue weighted by molar-refractivity contribution is 0.148. The van der Waals surface area contributed by atoms with E-state index in [-0.39, 0.29) is 5.66 Å². The number of amidine groups is 1. The second-order valence-corrected chi connectivity index (χ2v) is 5.91. The number of nitrogens with one attached hydrogen (secondary N) is 2. The van der Waals surface area contributed by atoms with Crippen LogP contribution in [-0.4, -0.2) is 39.6 Å². The number of piperidine rings is 1. The summed E-state index contributed by atoms with van der Waals surface area (Å²) < 4.78 is 5.36. The van der Waals surface area contributed by atoms with Crippen LogP contribution in [0.1, 0.15) is 37.9 Å². The second-order valence-electron chi connectivity index (χ2n) is 5.91. The molecule has 1 aromatic heterocycles. The zero-order valence-electron chi connectivity index (χ0n) is 12.7. The summed E-state index contributed by atoms with van der Waals surface area (Å²) in [4.78, 5) is 6.66. The van der Waals surface area contributed by atoms with Crippen LogP contribution in [0.25, 0.3) is 5.57 Å². The van der Waals surface area contributed by atoms with Gasteiger partial charge in [-0.25, -0.2) is 0 Å². The van der Waals surface area contributed by atoms with Gasteiger partial charge in [-0.3, -0.25) is 5.43 Å². The molecule has 1 aromatic rings. The average molecular weight is 300 g/mol. The predicted octanol–water partition coefficient (Wildman–Crippen LogP) is 1.23. The molecule has 116 valence electrons. The molecule has 0 bridgehead atoms. The van der Waals surface area contributed by atoms with Crippen molar-refractivity contribution in [3.63, 3.8) is 0 Å². The van der Waals surface area contributed by atoms with Crippen LogP contribution in [0.4, 0.5) is 0 Å². The summed E-state index contributed by atoms with van der Waals surface area (Å²) >= 11 is 0. The predicted molar refractivity (Wildman–Crippen MR) is 82.7 cm³/mol. The Balaban J connectivity index is 1.57. The van der Waals surface area contributed by atoms with Gasteiger partial charge in [0.05, 0.1) is 0 Å². The van der Waals surface area contributed by atoms with E-state index in [0.717, 1.165) is 56.0 Å². The summed E-state index contributed by atoms with van der Waals surface area (Å²) in [6.45, 7) is 4.10. The Kier molecular flexibility index (Phi) is 3.22. The van der Waals surface area contributed by atoms with E-state index in [1.807, 2.05) is 12.2 Å². The molecule has 0 unspecified atom stereocenters. The van der Waals surface area contributed by atoms with Crippen LogP contribution in [0.15, 0.2) is 28.0 Å². The molecule has 2 N–H and O–H groups in total. The van der Waals surface area contributed by atoms with Crippen molar-refractivity contribution in [1.82, 2.24) is 25.8 Å². The summed E-state index contributed by atoms with van der Waals surface area (Å²) in [7, 11) is 0. The first kappa shape index (κ1) is 13.5. The van der Waals surface area contributed by atoms with Gasteiger partial charge >= 0.3 is 0 Å². The smallest absolute Gasteiger partial charge is 0.258 e. The van der Waals surface area contributed by atoms with Gasteiger partial charge in [-0.2, -0.15) is 10.1 Å². The van der Waals surface area contributed by atoms with Crippen molar-refractivity contribution >= 4 is 11.4 Å². The van der Waals surface area contributed by atoms with E-state index < -0.39 is 0 Å². The normalized spacial score (nSPS) is 22.3. The third-order valence-electron chi connectivity index (χ3n) is 4.39. The summed E-state index contributed by atoms with van der Waals surface area (Å²) in [6, 6.07) is 0. The van der Waals surface area contributed by atoms with Gasteiger partial charge in [-0.05, 0) is 31.7 Å². The topological polar surface area (TPSA) is 78.6 Å². The van der Waals surface area contributed by atoms with Gasteiger partial charge in [0, 0.05) is 31.0 Å². The SMILES string of the molecule is CCCc1noc(C2=CC3=NNC4(CCNCC4)N3C=C2)n1. The molecule has 4 rings (SSSR count). The first-order chi connectivity index (χ1) is 10.8. The molecule has 7 heteroatoms. The highest BCUT2D eigenvalue weighted by molar-refractivity contribution is 6.03. The highest BCUT2D eigenvalue weighted by atomic mass is 16.5. The zero-order chi connectivity index (χ0) is 15.0. The number of hydrogen-bond donors (Lipinski definition) is 2. The van der Waals surface area contributed by atoms with Crippen LogP contribution in [0.3, 0.4) is 0 Å². The van der Waals surface area contributed by atoms with Crippen LogP contribution in [-0.2, 0) is 6.42 Å². The van der Waals surface area contributed by atoms with E-state index in [9.17, 15) is 0 Å². The van der Waals surface area contributed by atoms with Gasteiger partial charge in [0.25, 0.3) is 5.89 Å². The van der Waals surface area contributed by atoms with E-state index in [4.69, 9.17) is 4.52 Å². The van der Waals surface area contributed by atoms with E-state index in [1.54, 1.807) is 0 Å². The fraction of sp³-hybridized carbons (Fsp3) is 0.533. The van der Waals surface area contributed by atoms with Crippen molar-refractivity contribution in [2.45, 2.75) is 38.3 Å². The molecule has 3 aliphatic heterocycles. The van der Waals surface area contributed by atoms with Gasteiger partial charge in [-0.15, -0.1) is 0 Å². The first-order valence-electron chi connectivity index (χ1n) is 7.88. The van der Waals surface area contributed by atoms with Crippen LogP contribution in [0.2, 0.25) is 0 Å². The number of aryl methyl sites for hydroxylation is 1. The summed E-state index contributed by atoms with van der Waals surface area (Å²) in [5.74, 6) is 2.23. The molecular formula is C15H20N6O. The Hall–Kier alpha value is -2.15. The van der Waals surface area contributed by atoms with Crippen LogP contribution in [0, 0.1) is 0 Å². The lowest BCUT2D eigenvalue weighted by atomic mass is 9.96. The Labute approximate surface area is 129 Å². The lowest BCUT2D eigenvalue weighted by Gasteiger charge is -2.41. The molecule has 1 spiro atoms. The van der Waals surface area contributed by atoms with Crippen molar-refractivity contribution in [2.24, 2.45) is 5.10 Å². The molecule has 0 radical (unpaired) electrons. The standard InChI is InChI=1S/C15H20N6O/c1-2-3-12-17-14(22-19-12)11-4-9-21-13(10-11)18-20-15(21)5-7-16-8-6-15/h4,9-10,16,20H,2-3,5-8H2,1H3. The molecule has 4 heterocycles. The molecule has 0 saturated carbocycles. The highest BCUT2D eigenvalue weighted by Gasteiger charge is 2.43. The molecule has 3 aliphatic rings. The van der Waals surface area contributed by atoms with Crippen molar-refractivity contribution in [3.05, 3.63) is 30.1 Å². The number of rotatable bonds is 3. The molecular weight excluding hydrogens is 280 g/mol. The molecule has 1 fully saturated rings. The molecule has 0 aliphatic carbocycles. The molecule has 7 nitrogen and oxygen atoms in total. The van der Waals surface area contributed by atoms with E-state index in [0.29, 0.717) is 5.89 Å². The van der Waals surface area contributed by atoms with Crippen molar-refractivity contribution in [3.8, 4) is 0 Å². The van der Waals surface area contributed by atoms with Gasteiger partial charge in [0.15, 0.2) is 11.7 Å². The number of fused-ring (bicyclic) bond motifs is 2. The Morgan fingerprint density at radius 2 is 2.23 bits per heavy atom. The third kappa shape index (κ3) is 2.12. The van der Waals surface area contributed by atoms with E-state index >= 15 is 0 Å². The molecule has 0 amide bonds. The lowest BCUT2D eigenvalue weighted by Crippen LogP contribution is -2.57. The Morgan fingerprint density at radius 3 is 3.05 bits per heavy atom. The van der Waals surface area contributed by atoms with Crippen molar-refractivity contribution in [1.29, 1.82) is 0 Å². The van der Waals surface area contributed by atoms with Crippen LogP contribution in [0.5, 0.6) is 0 Å². The zero-order valence-corrected chi connectivity index (χ0v) is 12.7.